The van der Waals surface area contributed by atoms with Crippen LogP contribution in [0.3, 0.4) is 0 Å². The molecule has 7 nitrogen and oxygen atoms in total. The van der Waals surface area contributed by atoms with Crippen molar-refractivity contribution in [1.29, 1.82) is 0 Å². The van der Waals surface area contributed by atoms with Crippen LogP contribution in [-0.2, 0) is 11.3 Å². The number of carbonyl (C=O) groups is 1. The van der Waals surface area contributed by atoms with Crippen molar-refractivity contribution < 1.29 is 4.79 Å². The highest BCUT2D eigenvalue weighted by atomic mass is 16.2. The van der Waals surface area contributed by atoms with Crippen molar-refractivity contribution in [2.24, 2.45) is 0 Å². The summed E-state index contributed by atoms with van der Waals surface area (Å²) in [7, 11) is 0. The first kappa shape index (κ1) is 21.5. The van der Waals surface area contributed by atoms with E-state index in [-0.39, 0.29) is 11.5 Å². The van der Waals surface area contributed by atoms with Gasteiger partial charge in [0.2, 0.25) is 11.9 Å². The van der Waals surface area contributed by atoms with Crippen molar-refractivity contribution in [3.63, 3.8) is 0 Å². The number of hydrogen-bond acceptors (Lipinski definition) is 5. The van der Waals surface area contributed by atoms with E-state index < -0.39 is 0 Å². The number of aromatic nitrogens is 2. The number of hydrogen-bond donors (Lipinski definition) is 0. The number of piperidine rings is 1. The minimum absolute atomic E-state index is 0.0529. The fourth-order valence-corrected chi connectivity index (χ4v) is 4.91. The fraction of sp³-hybridized carbons (Fsp3) is 0.423. The highest BCUT2D eigenvalue weighted by Crippen LogP contribution is 2.20. The topological polar surface area (TPSA) is 61.7 Å². The van der Waals surface area contributed by atoms with E-state index in [1.807, 2.05) is 47.4 Å². The van der Waals surface area contributed by atoms with Gasteiger partial charge in [-0.25, -0.2) is 4.98 Å². The van der Waals surface area contributed by atoms with Gasteiger partial charge in [0.25, 0.3) is 5.56 Å². The van der Waals surface area contributed by atoms with Crippen molar-refractivity contribution in [3.05, 3.63) is 65.0 Å². The molecule has 0 saturated carbocycles. The number of rotatable bonds is 5. The van der Waals surface area contributed by atoms with Gasteiger partial charge in [-0.05, 0) is 43.5 Å². The zero-order valence-electron chi connectivity index (χ0n) is 19.0. The fourth-order valence-electron chi connectivity index (χ4n) is 4.91. The van der Waals surface area contributed by atoms with E-state index in [1.165, 1.54) is 12.1 Å². The lowest BCUT2D eigenvalue weighted by Crippen LogP contribution is -2.49. The van der Waals surface area contributed by atoms with Crippen LogP contribution < -0.4 is 15.4 Å². The summed E-state index contributed by atoms with van der Waals surface area (Å²) in [4.78, 5) is 37.7. The molecule has 0 atom stereocenters. The lowest BCUT2D eigenvalue weighted by molar-refractivity contribution is -0.131. The second-order valence-electron chi connectivity index (χ2n) is 8.89. The first-order valence-electron chi connectivity index (χ1n) is 12.0. The van der Waals surface area contributed by atoms with E-state index in [0.717, 1.165) is 44.5 Å². The van der Waals surface area contributed by atoms with E-state index >= 15 is 0 Å². The zero-order chi connectivity index (χ0) is 22.6. The molecular formula is C26H31N5O2. The monoisotopic (exact) mass is 445 g/mol. The molecule has 0 radical (unpaired) electrons. The minimum Gasteiger partial charge on any atom is -0.368 e. The first-order valence-corrected chi connectivity index (χ1v) is 12.0. The third-order valence-electron chi connectivity index (χ3n) is 6.78. The van der Waals surface area contributed by atoms with Crippen LogP contribution in [-0.4, -0.2) is 59.6 Å². The van der Waals surface area contributed by atoms with Crippen molar-refractivity contribution in [3.8, 4) is 0 Å². The number of carbonyl (C=O) groups excluding carboxylic acids is 1. The van der Waals surface area contributed by atoms with Crippen LogP contribution in [0.25, 0.3) is 10.9 Å². The molecule has 33 heavy (non-hydrogen) atoms. The Bertz CT molecular complexity index is 1160. The molecule has 172 valence electrons. The minimum atomic E-state index is -0.0529. The zero-order valence-corrected chi connectivity index (χ0v) is 19.0. The molecule has 0 aliphatic carbocycles. The van der Waals surface area contributed by atoms with Crippen molar-refractivity contribution in [1.82, 2.24) is 14.5 Å². The number of benzene rings is 2. The van der Waals surface area contributed by atoms with E-state index in [0.29, 0.717) is 37.4 Å². The van der Waals surface area contributed by atoms with Gasteiger partial charge in [-0.2, -0.15) is 0 Å². The Morgan fingerprint density at radius 3 is 2.24 bits per heavy atom. The molecular weight excluding hydrogens is 414 g/mol. The Labute approximate surface area is 194 Å². The SMILES string of the molecule is O=C(CCn1c(N2CCCCC2)nc2ccccc2c1=O)N1CCN(c2ccccc2)CC1. The smallest absolute Gasteiger partial charge is 0.262 e. The van der Waals surface area contributed by atoms with Crippen LogP contribution in [0.15, 0.2) is 59.4 Å². The predicted octanol–water partition coefficient (Wildman–Crippen LogP) is 3.13. The maximum atomic E-state index is 13.3. The molecule has 1 aromatic heterocycles. The normalized spacial score (nSPS) is 16.9. The Kier molecular flexibility index (Phi) is 6.28. The summed E-state index contributed by atoms with van der Waals surface area (Å²) in [5, 5.41) is 0.613. The first-order chi connectivity index (χ1) is 16.2. The molecule has 3 heterocycles. The molecule has 2 fully saturated rings. The van der Waals surface area contributed by atoms with Gasteiger partial charge in [-0.1, -0.05) is 30.3 Å². The number of piperazine rings is 1. The van der Waals surface area contributed by atoms with Crippen molar-refractivity contribution in [2.45, 2.75) is 32.2 Å². The van der Waals surface area contributed by atoms with Crippen molar-refractivity contribution in [2.75, 3.05) is 49.1 Å². The summed E-state index contributed by atoms with van der Waals surface area (Å²) in [6, 6.07) is 17.8. The summed E-state index contributed by atoms with van der Waals surface area (Å²) in [6.07, 6.45) is 3.73. The molecule has 2 aliphatic heterocycles. The molecule has 0 N–H and O–H groups in total. The Hall–Kier alpha value is -3.35. The molecule has 0 spiro atoms. The molecule has 7 heteroatoms. The molecule has 2 aliphatic rings. The lowest BCUT2D eigenvalue weighted by atomic mass is 10.1. The van der Waals surface area contributed by atoms with Crippen LogP contribution in [0.4, 0.5) is 11.6 Å². The number of anilines is 2. The van der Waals surface area contributed by atoms with E-state index in [1.54, 1.807) is 4.57 Å². The molecule has 5 rings (SSSR count). The van der Waals surface area contributed by atoms with E-state index in [2.05, 4.69) is 21.9 Å². The predicted molar refractivity (Wildman–Crippen MR) is 132 cm³/mol. The Balaban J connectivity index is 1.30. The average molecular weight is 446 g/mol. The van der Waals surface area contributed by atoms with Gasteiger partial charge < -0.3 is 14.7 Å². The van der Waals surface area contributed by atoms with Gasteiger partial charge >= 0.3 is 0 Å². The second kappa shape index (κ2) is 9.65. The highest BCUT2D eigenvalue weighted by molar-refractivity contribution is 5.79. The Morgan fingerprint density at radius 1 is 0.788 bits per heavy atom. The van der Waals surface area contributed by atoms with E-state index in [4.69, 9.17) is 4.98 Å². The molecule has 3 aromatic rings. The number of nitrogens with zero attached hydrogens (tertiary/aromatic N) is 5. The van der Waals surface area contributed by atoms with Gasteiger partial charge in [-0.3, -0.25) is 14.2 Å². The van der Waals surface area contributed by atoms with Gasteiger partial charge in [0.05, 0.1) is 10.9 Å². The third-order valence-corrected chi connectivity index (χ3v) is 6.78. The molecule has 2 saturated heterocycles. The Morgan fingerprint density at radius 2 is 1.48 bits per heavy atom. The van der Waals surface area contributed by atoms with Crippen LogP contribution >= 0.6 is 0 Å². The van der Waals surface area contributed by atoms with Gasteiger partial charge in [0, 0.05) is 57.9 Å². The van der Waals surface area contributed by atoms with Crippen LogP contribution in [0, 0.1) is 0 Å². The summed E-state index contributed by atoms with van der Waals surface area (Å²) in [5.41, 5.74) is 1.87. The van der Waals surface area contributed by atoms with Gasteiger partial charge in [0.15, 0.2) is 0 Å². The number of para-hydroxylation sites is 2. The number of amides is 1. The summed E-state index contributed by atoms with van der Waals surface area (Å²) in [6.45, 7) is 5.23. The maximum Gasteiger partial charge on any atom is 0.262 e. The quantitative estimate of drug-likeness (QED) is 0.604. The lowest BCUT2D eigenvalue weighted by Gasteiger charge is -2.36. The van der Waals surface area contributed by atoms with E-state index in [9.17, 15) is 9.59 Å². The molecule has 0 bridgehead atoms. The van der Waals surface area contributed by atoms with Crippen LogP contribution in [0.2, 0.25) is 0 Å². The third kappa shape index (κ3) is 4.58. The summed E-state index contributed by atoms with van der Waals surface area (Å²) >= 11 is 0. The molecule has 0 unspecified atom stereocenters. The molecule has 2 aromatic carbocycles. The average Bonchev–Trinajstić information content (AvgIpc) is 2.89. The number of fused-ring (bicyclic) bond motifs is 1. The van der Waals surface area contributed by atoms with Gasteiger partial charge in [0.1, 0.15) is 0 Å². The summed E-state index contributed by atoms with van der Waals surface area (Å²) < 4.78 is 1.73. The molecule has 1 amide bonds. The van der Waals surface area contributed by atoms with Crippen LogP contribution in [0.5, 0.6) is 0 Å². The maximum absolute atomic E-state index is 13.3. The highest BCUT2D eigenvalue weighted by Gasteiger charge is 2.23. The van der Waals surface area contributed by atoms with Crippen LogP contribution in [0.1, 0.15) is 25.7 Å². The van der Waals surface area contributed by atoms with Gasteiger partial charge in [-0.15, -0.1) is 0 Å². The standard InChI is InChI=1S/C26H31N5O2/c32-24(29-19-17-28(18-20-29)21-9-3-1-4-10-21)13-16-31-25(33)22-11-5-6-12-23(22)27-26(31)30-14-7-2-8-15-30/h1,3-6,9-12H,2,7-8,13-20H2. The largest absolute Gasteiger partial charge is 0.368 e. The van der Waals surface area contributed by atoms with Crippen molar-refractivity contribution >= 4 is 28.4 Å². The second-order valence-corrected chi connectivity index (χ2v) is 8.89. The summed E-state index contributed by atoms with van der Waals surface area (Å²) in [5.74, 6) is 0.812.